The van der Waals surface area contributed by atoms with Gasteiger partial charge in [0.15, 0.2) is 0 Å². The fourth-order valence-electron chi connectivity index (χ4n) is 3.21. The first kappa shape index (κ1) is 17.1. The molecule has 0 spiro atoms. The standard InChI is InChI=1S/C21H13Br3O/c22-16-11-15(12-17(23)20(16)25)21(24)18(13-7-3-1-4-8-13)19(21)14-9-5-2-6-10-14/h1-12,25H. The fourth-order valence-corrected chi connectivity index (χ4v) is 5.38. The lowest BCUT2D eigenvalue weighted by Crippen LogP contribution is -2.04. The zero-order valence-corrected chi connectivity index (χ0v) is 17.8. The second kappa shape index (κ2) is 6.42. The van der Waals surface area contributed by atoms with Crippen molar-refractivity contribution in [1.29, 1.82) is 0 Å². The van der Waals surface area contributed by atoms with E-state index < -0.39 is 0 Å². The van der Waals surface area contributed by atoms with E-state index in [0.717, 1.165) is 5.56 Å². The first-order chi connectivity index (χ1) is 12.0. The number of rotatable bonds is 3. The second-order valence-electron chi connectivity index (χ2n) is 5.93. The molecule has 0 saturated carbocycles. The molecule has 124 valence electrons. The summed E-state index contributed by atoms with van der Waals surface area (Å²) in [7, 11) is 0. The van der Waals surface area contributed by atoms with Crippen molar-refractivity contribution in [2.24, 2.45) is 0 Å². The average molecular weight is 521 g/mol. The number of aromatic hydroxyl groups is 1. The number of allylic oxidation sites excluding steroid dienone is 2. The monoisotopic (exact) mass is 518 g/mol. The lowest BCUT2D eigenvalue weighted by Gasteiger charge is -2.16. The van der Waals surface area contributed by atoms with Crippen LogP contribution in [0.25, 0.3) is 11.1 Å². The summed E-state index contributed by atoms with van der Waals surface area (Å²) < 4.78 is 0.971. The Morgan fingerprint density at radius 3 is 1.48 bits per heavy atom. The maximum absolute atomic E-state index is 10.1. The Kier molecular flexibility index (Phi) is 4.38. The van der Waals surface area contributed by atoms with E-state index in [1.165, 1.54) is 22.3 Å². The first-order valence-corrected chi connectivity index (χ1v) is 10.1. The van der Waals surface area contributed by atoms with Crippen molar-refractivity contribution in [3.05, 3.63) is 98.4 Å². The van der Waals surface area contributed by atoms with Crippen molar-refractivity contribution in [2.75, 3.05) is 0 Å². The molecule has 3 aromatic rings. The third-order valence-corrected chi connectivity index (χ3v) is 6.88. The normalized spacial score (nSPS) is 15.3. The Balaban J connectivity index is 1.90. The van der Waals surface area contributed by atoms with Crippen molar-refractivity contribution >= 4 is 58.9 Å². The topological polar surface area (TPSA) is 20.2 Å². The molecule has 0 amide bonds. The van der Waals surface area contributed by atoms with Gasteiger partial charge < -0.3 is 5.11 Å². The van der Waals surface area contributed by atoms with E-state index in [1.54, 1.807) is 0 Å². The van der Waals surface area contributed by atoms with E-state index in [9.17, 15) is 5.11 Å². The molecule has 4 heteroatoms. The SMILES string of the molecule is Oc1c(Br)cc(C2(Br)C(c3ccccc3)=C2c2ccccc2)cc1Br. The van der Waals surface area contributed by atoms with Gasteiger partial charge in [-0.1, -0.05) is 76.6 Å². The summed E-state index contributed by atoms with van der Waals surface area (Å²) >= 11 is 10.9. The molecule has 0 heterocycles. The summed E-state index contributed by atoms with van der Waals surface area (Å²) in [6, 6.07) is 24.7. The summed E-state index contributed by atoms with van der Waals surface area (Å²) in [6.45, 7) is 0. The van der Waals surface area contributed by atoms with Gasteiger partial charge >= 0.3 is 0 Å². The van der Waals surface area contributed by atoms with E-state index in [0.29, 0.717) is 8.95 Å². The molecule has 0 bridgehead atoms. The molecule has 0 atom stereocenters. The van der Waals surface area contributed by atoms with Crippen LogP contribution in [-0.2, 0) is 4.32 Å². The maximum Gasteiger partial charge on any atom is 0.143 e. The molecular formula is C21H13Br3O. The van der Waals surface area contributed by atoms with Crippen LogP contribution in [0.15, 0.2) is 81.7 Å². The molecule has 0 saturated heterocycles. The van der Waals surface area contributed by atoms with E-state index in [-0.39, 0.29) is 10.1 Å². The largest absolute Gasteiger partial charge is 0.506 e. The van der Waals surface area contributed by atoms with Crippen molar-refractivity contribution in [1.82, 2.24) is 0 Å². The number of halogens is 3. The lowest BCUT2D eigenvalue weighted by molar-refractivity contribution is 0.468. The Hall–Kier alpha value is -1.36. The number of hydrogen-bond acceptors (Lipinski definition) is 1. The number of phenolic OH excluding ortho intramolecular Hbond substituents is 1. The smallest absolute Gasteiger partial charge is 0.143 e. The summed E-state index contributed by atoms with van der Waals surface area (Å²) in [5, 5.41) is 10.1. The minimum atomic E-state index is -0.367. The van der Waals surface area contributed by atoms with Crippen molar-refractivity contribution in [2.45, 2.75) is 4.32 Å². The molecule has 25 heavy (non-hydrogen) atoms. The molecule has 0 radical (unpaired) electrons. The summed E-state index contributed by atoms with van der Waals surface area (Å²) in [4.78, 5) is 0. The number of alkyl halides is 1. The summed E-state index contributed by atoms with van der Waals surface area (Å²) in [6.07, 6.45) is 0. The summed E-state index contributed by atoms with van der Waals surface area (Å²) in [5.41, 5.74) is 5.96. The van der Waals surface area contributed by atoms with Gasteiger partial charge in [0.05, 0.1) is 8.95 Å². The van der Waals surface area contributed by atoms with Crippen LogP contribution in [0.4, 0.5) is 0 Å². The third kappa shape index (κ3) is 2.80. The molecule has 0 aromatic heterocycles. The zero-order chi connectivity index (χ0) is 17.6. The van der Waals surface area contributed by atoms with E-state index in [4.69, 9.17) is 0 Å². The van der Waals surface area contributed by atoms with Gasteiger partial charge in [0.2, 0.25) is 0 Å². The molecule has 0 aliphatic heterocycles. The molecule has 1 aliphatic carbocycles. The van der Waals surface area contributed by atoms with Gasteiger partial charge in [-0.05, 0) is 71.8 Å². The van der Waals surface area contributed by atoms with E-state index in [1.807, 2.05) is 24.3 Å². The van der Waals surface area contributed by atoms with Gasteiger partial charge in [-0.15, -0.1) is 0 Å². The van der Waals surface area contributed by atoms with Gasteiger partial charge in [-0.2, -0.15) is 0 Å². The molecule has 0 fully saturated rings. The molecule has 3 aromatic carbocycles. The second-order valence-corrected chi connectivity index (χ2v) is 8.83. The minimum Gasteiger partial charge on any atom is -0.506 e. The third-order valence-electron chi connectivity index (χ3n) is 4.42. The van der Waals surface area contributed by atoms with Gasteiger partial charge in [-0.3, -0.25) is 0 Å². The highest BCUT2D eigenvalue weighted by Crippen LogP contribution is 2.68. The Bertz CT molecular complexity index is 906. The molecule has 1 aliphatic rings. The predicted molar refractivity (Wildman–Crippen MR) is 114 cm³/mol. The fraction of sp³-hybridized carbons (Fsp3) is 0.0476. The van der Waals surface area contributed by atoms with Gasteiger partial charge in [0, 0.05) is 0 Å². The van der Waals surface area contributed by atoms with Gasteiger partial charge in [0.25, 0.3) is 0 Å². The Morgan fingerprint density at radius 1 is 0.680 bits per heavy atom. The highest BCUT2D eigenvalue weighted by molar-refractivity contribution is 9.11. The van der Waals surface area contributed by atoms with Crippen LogP contribution >= 0.6 is 47.8 Å². The average Bonchev–Trinajstić information content (AvgIpc) is 3.28. The van der Waals surface area contributed by atoms with Crippen LogP contribution < -0.4 is 0 Å². The van der Waals surface area contributed by atoms with Gasteiger partial charge in [-0.25, -0.2) is 0 Å². The molecular weight excluding hydrogens is 508 g/mol. The minimum absolute atomic E-state index is 0.211. The number of benzene rings is 3. The maximum atomic E-state index is 10.1. The van der Waals surface area contributed by atoms with Crippen molar-refractivity contribution < 1.29 is 5.11 Å². The molecule has 4 rings (SSSR count). The van der Waals surface area contributed by atoms with Crippen LogP contribution in [0.5, 0.6) is 5.75 Å². The zero-order valence-electron chi connectivity index (χ0n) is 13.0. The number of phenols is 1. The van der Waals surface area contributed by atoms with Crippen LogP contribution in [0.1, 0.15) is 16.7 Å². The molecule has 1 nitrogen and oxygen atoms in total. The molecule has 1 N–H and O–H groups in total. The Morgan fingerprint density at radius 2 is 1.08 bits per heavy atom. The molecule has 0 unspecified atom stereocenters. The summed E-state index contributed by atoms with van der Waals surface area (Å²) in [5.74, 6) is 0.211. The quantitative estimate of drug-likeness (QED) is 0.364. The highest BCUT2D eigenvalue weighted by atomic mass is 79.9. The van der Waals surface area contributed by atoms with Crippen molar-refractivity contribution in [3.8, 4) is 5.75 Å². The van der Waals surface area contributed by atoms with E-state index >= 15 is 0 Å². The van der Waals surface area contributed by atoms with Gasteiger partial charge in [0.1, 0.15) is 10.1 Å². The lowest BCUT2D eigenvalue weighted by atomic mass is 10.0. The van der Waals surface area contributed by atoms with Crippen LogP contribution in [0.3, 0.4) is 0 Å². The predicted octanol–water partition coefficient (Wildman–Crippen LogP) is 7.13. The highest BCUT2D eigenvalue weighted by Gasteiger charge is 2.54. The van der Waals surface area contributed by atoms with Crippen LogP contribution in [0, 0.1) is 0 Å². The van der Waals surface area contributed by atoms with Crippen molar-refractivity contribution in [3.63, 3.8) is 0 Å². The van der Waals surface area contributed by atoms with E-state index in [2.05, 4.69) is 96.3 Å². The number of hydrogen-bond donors (Lipinski definition) is 1. The first-order valence-electron chi connectivity index (χ1n) is 7.77. The van der Waals surface area contributed by atoms with Crippen LogP contribution in [-0.4, -0.2) is 5.11 Å². The van der Waals surface area contributed by atoms with Crippen LogP contribution in [0.2, 0.25) is 0 Å². The Labute approximate surface area is 171 Å².